The summed E-state index contributed by atoms with van der Waals surface area (Å²) < 4.78 is 6.03. The van der Waals surface area contributed by atoms with E-state index in [1.807, 2.05) is 60.7 Å². The topological polar surface area (TPSA) is 46.2 Å². The minimum absolute atomic E-state index is 0.438. The highest BCUT2D eigenvalue weighted by Gasteiger charge is 2.14. The molecule has 34 heavy (non-hydrogen) atoms. The fourth-order valence-corrected chi connectivity index (χ4v) is 4.32. The van der Waals surface area contributed by atoms with Gasteiger partial charge in [-0.1, -0.05) is 60.1 Å². The van der Waals surface area contributed by atoms with Gasteiger partial charge in [0.05, 0.1) is 11.2 Å². The molecular formula is C29H28ClN3O. The van der Waals surface area contributed by atoms with Gasteiger partial charge in [-0.3, -0.25) is 0 Å². The number of ether oxygens (including phenoxy) is 1. The first-order chi connectivity index (χ1) is 16.7. The minimum atomic E-state index is 0.438. The Morgan fingerprint density at radius 1 is 1.00 bits per heavy atom. The zero-order chi connectivity index (χ0) is 23.2. The van der Waals surface area contributed by atoms with Crippen molar-refractivity contribution in [1.82, 2.24) is 15.6 Å². The summed E-state index contributed by atoms with van der Waals surface area (Å²) in [6.45, 7) is 3.33. The predicted molar refractivity (Wildman–Crippen MR) is 141 cm³/mol. The van der Waals surface area contributed by atoms with Gasteiger partial charge in [-0.15, -0.1) is 0 Å². The van der Waals surface area contributed by atoms with Crippen molar-refractivity contribution in [3.8, 4) is 5.75 Å². The predicted octanol–water partition coefficient (Wildman–Crippen LogP) is 5.96. The van der Waals surface area contributed by atoms with Gasteiger partial charge < -0.3 is 15.4 Å². The molecule has 3 aromatic carbocycles. The van der Waals surface area contributed by atoms with Gasteiger partial charge in [0.2, 0.25) is 0 Å². The lowest BCUT2D eigenvalue weighted by atomic mass is 10.0. The quantitative estimate of drug-likeness (QED) is 0.312. The fourth-order valence-electron chi connectivity index (χ4n) is 4.19. The standard InChI is InChI=1S/C29H28ClN3O/c30-25-10-5-21(6-11-25)17-24(18-32-26-15-16-31-19-26)22-8-13-28(14-9-22)34-20-27-12-7-23-3-1-2-4-29(23)33-27/h1-14,17,26,31-32H,15-16,18-20H2. The lowest BCUT2D eigenvalue weighted by Crippen LogP contribution is -2.32. The summed E-state index contributed by atoms with van der Waals surface area (Å²) in [4.78, 5) is 4.69. The first-order valence-electron chi connectivity index (χ1n) is 11.7. The molecule has 2 heterocycles. The van der Waals surface area contributed by atoms with Crippen LogP contribution < -0.4 is 15.4 Å². The maximum atomic E-state index is 6.07. The zero-order valence-corrected chi connectivity index (χ0v) is 19.8. The van der Waals surface area contributed by atoms with Crippen LogP contribution in [-0.4, -0.2) is 30.7 Å². The third-order valence-corrected chi connectivity index (χ3v) is 6.37. The van der Waals surface area contributed by atoms with Gasteiger partial charge in [0.25, 0.3) is 0 Å². The molecule has 5 heteroatoms. The molecule has 0 saturated carbocycles. The lowest BCUT2D eigenvalue weighted by molar-refractivity contribution is 0.302. The van der Waals surface area contributed by atoms with E-state index in [-0.39, 0.29) is 0 Å². The van der Waals surface area contributed by atoms with E-state index in [9.17, 15) is 0 Å². The van der Waals surface area contributed by atoms with Crippen LogP contribution in [0.25, 0.3) is 22.6 Å². The van der Waals surface area contributed by atoms with Crippen LogP contribution in [0.1, 0.15) is 23.2 Å². The second kappa shape index (κ2) is 10.8. The molecule has 4 aromatic rings. The van der Waals surface area contributed by atoms with Crippen molar-refractivity contribution in [1.29, 1.82) is 0 Å². The smallest absolute Gasteiger partial charge is 0.130 e. The normalized spacial score (nSPS) is 16.1. The second-order valence-corrected chi connectivity index (χ2v) is 9.04. The molecule has 4 nitrogen and oxygen atoms in total. The number of para-hydroxylation sites is 1. The molecule has 0 amide bonds. The van der Waals surface area contributed by atoms with Crippen LogP contribution in [0.5, 0.6) is 5.75 Å². The Labute approximate surface area is 205 Å². The number of hydrogen-bond acceptors (Lipinski definition) is 4. The zero-order valence-electron chi connectivity index (χ0n) is 19.0. The van der Waals surface area contributed by atoms with E-state index >= 15 is 0 Å². The monoisotopic (exact) mass is 469 g/mol. The summed E-state index contributed by atoms with van der Waals surface area (Å²) in [6, 6.07) is 29.0. The number of halogens is 1. The van der Waals surface area contributed by atoms with E-state index < -0.39 is 0 Å². The van der Waals surface area contributed by atoms with Crippen molar-refractivity contribution in [2.75, 3.05) is 19.6 Å². The highest BCUT2D eigenvalue weighted by Crippen LogP contribution is 2.23. The molecule has 0 bridgehead atoms. The number of rotatable bonds is 8. The maximum Gasteiger partial charge on any atom is 0.130 e. The molecule has 172 valence electrons. The van der Waals surface area contributed by atoms with Gasteiger partial charge in [0.1, 0.15) is 12.4 Å². The number of benzene rings is 3. The van der Waals surface area contributed by atoms with Gasteiger partial charge in [-0.05, 0) is 72.1 Å². The van der Waals surface area contributed by atoms with Crippen LogP contribution in [0, 0.1) is 0 Å². The van der Waals surface area contributed by atoms with Crippen molar-refractivity contribution in [3.05, 3.63) is 107 Å². The first kappa shape index (κ1) is 22.6. The number of nitrogens with one attached hydrogen (secondary N) is 2. The van der Waals surface area contributed by atoms with E-state index in [4.69, 9.17) is 21.3 Å². The Morgan fingerprint density at radius 2 is 1.82 bits per heavy atom. The molecule has 0 aliphatic carbocycles. The van der Waals surface area contributed by atoms with Crippen LogP contribution in [0.3, 0.4) is 0 Å². The molecule has 0 radical (unpaired) electrons. The summed E-state index contributed by atoms with van der Waals surface area (Å²) in [6.07, 6.45) is 3.38. The largest absolute Gasteiger partial charge is 0.487 e. The average Bonchev–Trinajstić information content (AvgIpc) is 3.40. The van der Waals surface area contributed by atoms with Crippen LogP contribution in [-0.2, 0) is 6.61 Å². The van der Waals surface area contributed by atoms with Crippen LogP contribution >= 0.6 is 11.6 Å². The molecule has 1 aromatic heterocycles. The van der Waals surface area contributed by atoms with Crippen molar-refractivity contribution < 1.29 is 4.74 Å². The van der Waals surface area contributed by atoms with Crippen molar-refractivity contribution >= 4 is 34.2 Å². The van der Waals surface area contributed by atoms with Crippen molar-refractivity contribution in [2.24, 2.45) is 0 Å². The molecular weight excluding hydrogens is 442 g/mol. The van der Waals surface area contributed by atoms with Gasteiger partial charge in [0, 0.05) is 29.5 Å². The van der Waals surface area contributed by atoms with E-state index in [1.165, 1.54) is 11.1 Å². The third kappa shape index (κ3) is 5.84. The van der Waals surface area contributed by atoms with Gasteiger partial charge in [-0.25, -0.2) is 4.98 Å². The number of fused-ring (bicyclic) bond motifs is 1. The van der Waals surface area contributed by atoms with Crippen LogP contribution in [0.2, 0.25) is 5.02 Å². The Kier molecular flexibility index (Phi) is 7.20. The van der Waals surface area contributed by atoms with Crippen LogP contribution in [0.15, 0.2) is 84.9 Å². The molecule has 2 N–H and O–H groups in total. The lowest BCUT2D eigenvalue weighted by Gasteiger charge is -2.15. The fraction of sp³-hybridized carbons (Fsp3) is 0.207. The van der Waals surface area contributed by atoms with E-state index in [2.05, 4.69) is 41.0 Å². The summed E-state index contributed by atoms with van der Waals surface area (Å²) in [5.74, 6) is 0.831. The molecule has 1 saturated heterocycles. The summed E-state index contributed by atoms with van der Waals surface area (Å²) in [7, 11) is 0. The Balaban J connectivity index is 1.29. The van der Waals surface area contributed by atoms with Gasteiger partial charge in [0.15, 0.2) is 0 Å². The SMILES string of the molecule is Clc1ccc(C=C(CNC2CCNC2)c2ccc(OCc3ccc4ccccc4n3)cc2)cc1. The molecule has 0 spiro atoms. The molecule has 1 atom stereocenters. The third-order valence-electron chi connectivity index (χ3n) is 6.12. The average molecular weight is 470 g/mol. The molecule has 1 unspecified atom stereocenters. The van der Waals surface area contributed by atoms with Gasteiger partial charge >= 0.3 is 0 Å². The Morgan fingerprint density at radius 3 is 2.62 bits per heavy atom. The molecule has 5 rings (SSSR count). The number of nitrogens with zero attached hydrogens (tertiary/aromatic N) is 1. The van der Waals surface area contributed by atoms with Crippen molar-refractivity contribution in [2.45, 2.75) is 19.1 Å². The van der Waals surface area contributed by atoms with Crippen LogP contribution in [0.4, 0.5) is 0 Å². The van der Waals surface area contributed by atoms with E-state index in [0.29, 0.717) is 12.6 Å². The highest BCUT2D eigenvalue weighted by atomic mass is 35.5. The Bertz CT molecular complexity index is 1260. The van der Waals surface area contributed by atoms with E-state index in [0.717, 1.165) is 59.0 Å². The summed E-state index contributed by atoms with van der Waals surface area (Å²) in [5, 5.41) is 8.99. The number of hydrogen-bond donors (Lipinski definition) is 2. The number of aromatic nitrogens is 1. The second-order valence-electron chi connectivity index (χ2n) is 8.60. The molecule has 1 aliphatic heterocycles. The summed E-state index contributed by atoms with van der Waals surface area (Å²) >= 11 is 6.07. The van der Waals surface area contributed by atoms with E-state index in [1.54, 1.807) is 0 Å². The Hall–Kier alpha value is -3.18. The first-order valence-corrected chi connectivity index (χ1v) is 12.1. The summed E-state index contributed by atoms with van der Waals surface area (Å²) in [5.41, 5.74) is 5.44. The highest BCUT2D eigenvalue weighted by molar-refractivity contribution is 6.30. The van der Waals surface area contributed by atoms with Crippen molar-refractivity contribution in [3.63, 3.8) is 0 Å². The molecule has 1 aliphatic rings. The number of pyridine rings is 1. The minimum Gasteiger partial charge on any atom is -0.487 e. The maximum absolute atomic E-state index is 6.07. The molecule has 1 fully saturated rings. The van der Waals surface area contributed by atoms with Gasteiger partial charge in [-0.2, -0.15) is 0 Å².